The molecule has 0 spiro atoms. The van der Waals surface area contributed by atoms with Gasteiger partial charge in [-0.15, -0.1) is 11.3 Å². The van der Waals surface area contributed by atoms with E-state index in [1.54, 1.807) is 15.9 Å². The first-order chi connectivity index (χ1) is 13.9. The summed E-state index contributed by atoms with van der Waals surface area (Å²) in [6, 6.07) is 6.71. The standard InChI is InChI=1S/C20H20N4O3S2/c1-11-6-8-12(9-7-11)24-18(26)16-13-4-2-3-5-14(13)29-17(16)23-20(24)28-10-15(25)22-19(21)27/h6-9H,2-5,10H2,1H3,(H3,21,22,25,27). The number of imide groups is 1. The molecule has 1 aromatic carbocycles. The lowest BCUT2D eigenvalue weighted by molar-refractivity contribution is -0.117. The molecular formula is C20H20N4O3S2. The largest absolute Gasteiger partial charge is 0.351 e. The summed E-state index contributed by atoms with van der Waals surface area (Å²) in [5, 5.41) is 3.15. The smallest absolute Gasteiger partial charge is 0.318 e. The number of nitrogens with zero attached hydrogens (tertiary/aromatic N) is 2. The molecule has 0 saturated carbocycles. The van der Waals surface area contributed by atoms with Crippen molar-refractivity contribution in [1.82, 2.24) is 14.9 Å². The maximum absolute atomic E-state index is 13.5. The average molecular weight is 429 g/mol. The van der Waals surface area contributed by atoms with Crippen LogP contribution in [0.4, 0.5) is 4.79 Å². The Balaban J connectivity index is 1.84. The van der Waals surface area contributed by atoms with E-state index < -0.39 is 11.9 Å². The van der Waals surface area contributed by atoms with Gasteiger partial charge in [0.25, 0.3) is 5.56 Å². The number of hydrogen-bond acceptors (Lipinski definition) is 6. The third kappa shape index (κ3) is 3.92. The second-order valence-electron chi connectivity index (χ2n) is 6.96. The maximum atomic E-state index is 13.5. The lowest BCUT2D eigenvalue weighted by Crippen LogP contribution is -2.36. The Bertz CT molecular complexity index is 1170. The van der Waals surface area contributed by atoms with Crippen molar-refractivity contribution in [2.75, 3.05) is 5.75 Å². The minimum absolute atomic E-state index is 0.0716. The summed E-state index contributed by atoms with van der Waals surface area (Å²) in [5.41, 5.74) is 7.79. The number of thioether (sulfide) groups is 1. The van der Waals surface area contributed by atoms with Crippen LogP contribution in [0.1, 0.15) is 28.8 Å². The van der Waals surface area contributed by atoms with E-state index in [1.807, 2.05) is 36.5 Å². The maximum Gasteiger partial charge on any atom is 0.318 e. The van der Waals surface area contributed by atoms with E-state index in [1.165, 1.54) is 4.88 Å². The van der Waals surface area contributed by atoms with E-state index in [-0.39, 0.29) is 11.3 Å². The molecule has 0 bridgehead atoms. The van der Waals surface area contributed by atoms with Crippen LogP contribution in [0, 0.1) is 6.92 Å². The Kier molecular flexibility index (Phi) is 5.42. The third-order valence-corrected chi connectivity index (χ3v) is 6.97. The number of nitrogens with two attached hydrogens (primary N) is 1. The lowest BCUT2D eigenvalue weighted by Gasteiger charge is -2.13. The number of hydrogen-bond donors (Lipinski definition) is 2. The number of carbonyl (C=O) groups is 2. The Morgan fingerprint density at radius 1 is 1.24 bits per heavy atom. The monoisotopic (exact) mass is 428 g/mol. The van der Waals surface area contributed by atoms with Gasteiger partial charge >= 0.3 is 6.03 Å². The predicted molar refractivity (Wildman–Crippen MR) is 115 cm³/mol. The fourth-order valence-corrected chi connectivity index (χ4v) is 5.62. The number of amides is 3. The molecule has 3 aromatic rings. The first kappa shape index (κ1) is 19.7. The minimum Gasteiger partial charge on any atom is -0.351 e. The molecular weight excluding hydrogens is 408 g/mol. The van der Waals surface area contributed by atoms with Crippen LogP contribution in [-0.2, 0) is 17.6 Å². The van der Waals surface area contributed by atoms with Crippen molar-refractivity contribution in [2.45, 2.75) is 37.8 Å². The molecule has 4 rings (SSSR count). The Morgan fingerprint density at radius 3 is 2.69 bits per heavy atom. The molecule has 7 nitrogen and oxygen atoms in total. The van der Waals surface area contributed by atoms with Gasteiger partial charge in [0.15, 0.2) is 5.16 Å². The van der Waals surface area contributed by atoms with Gasteiger partial charge in [0.2, 0.25) is 5.91 Å². The number of urea groups is 1. The van der Waals surface area contributed by atoms with Crippen LogP contribution in [-0.4, -0.2) is 27.2 Å². The molecule has 0 unspecified atom stereocenters. The van der Waals surface area contributed by atoms with E-state index >= 15 is 0 Å². The summed E-state index contributed by atoms with van der Waals surface area (Å²) in [4.78, 5) is 43.0. The summed E-state index contributed by atoms with van der Waals surface area (Å²) in [6.45, 7) is 1.98. The SMILES string of the molecule is Cc1ccc(-n2c(SCC(=O)NC(N)=O)nc3sc4c(c3c2=O)CCCC4)cc1. The van der Waals surface area contributed by atoms with Gasteiger partial charge in [0, 0.05) is 4.88 Å². The highest BCUT2D eigenvalue weighted by molar-refractivity contribution is 7.99. The van der Waals surface area contributed by atoms with Crippen molar-refractivity contribution in [1.29, 1.82) is 0 Å². The van der Waals surface area contributed by atoms with E-state index in [0.717, 1.165) is 48.6 Å². The summed E-state index contributed by atoms with van der Waals surface area (Å²) >= 11 is 2.68. The molecule has 1 aliphatic carbocycles. The minimum atomic E-state index is -0.902. The highest BCUT2D eigenvalue weighted by Crippen LogP contribution is 2.35. The third-order valence-electron chi connectivity index (χ3n) is 4.85. The summed E-state index contributed by atoms with van der Waals surface area (Å²) in [6.07, 6.45) is 4.07. The number of rotatable bonds is 4. The molecule has 150 valence electrons. The molecule has 2 aromatic heterocycles. The van der Waals surface area contributed by atoms with Crippen molar-refractivity contribution < 1.29 is 9.59 Å². The highest BCUT2D eigenvalue weighted by atomic mass is 32.2. The van der Waals surface area contributed by atoms with Crippen molar-refractivity contribution in [3.8, 4) is 5.69 Å². The molecule has 9 heteroatoms. The summed E-state index contributed by atoms with van der Waals surface area (Å²) < 4.78 is 1.56. The van der Waals surface area contributed by atoms with Crippen LogP contribution in [0.3, 0.4) is 0 Å². The second-order valence-corrected chi connectivity index (χ2v) is 8.99. The van der Waals surface area contributed by atoms with Crippen LogP contribution in [0.5, 0.6) is 0 Å². The molecule has 1 aliphatic rings. The number of thiophene rings is 1. The second kappa shape index (κ2) is 8.00. The van der Waals surface area contributed by atoms with Gasteiger partial charge in [-0.05, 0) is 50.3 Å². The Hall–Kier alpha value is -2.65. The van der Waals surface area contributed by atoms with Crippen LogP contribution in [0.15, 0.2) is 34.2 Å². The van der Waals surface area contributed by atoms with E-state index in [2.05, 4.69) is 0 Å². The molecule has 2 heterocycles. The van der Waals surface area contributed by atoms with Crippen molar-refractivity contribution in [2.24, 2.45) is 5.73 Å². The number of nitrogens with one attached hydrogen (secondary N) is 1. The number of aromatic nitrogens is 2. The summed E-state index contributed by atoms with van der Waals surface area (Å²) in [7, 11) is 0. The molecule has 3 amide bonds. The van der Waals surface area contributed by atoms with E-state index in [4.69, 9.17) is 10.7 Å². The first-order valence-electron chi connectivity index (χ1n) is 9.30. The molecule has 0 fully saturated rings. The number of primary amides is 1. The van der Waals surface area contributed by atoms with Crippen molar-refractivity contribution in [3.05, 3.63) is 50.6 Å². The topological polar surface area (TPSA) is 107 Å². The van der Waals surface area contributed by atoms with Crippen LogP contribution >= 0.6 is 23.1 Å². The molecule has 0 atom stereocenters. The fraction of sp³-hybridized carbons (Fsp3) is 0.300. The van der Waals surface area contributed by atoms with Gasteiger partial charge < -0.3 is 5.73 Å². The Morgan fingerprint density at radius 2 is 1.97 bits per heavy atom. The Labute approximate surface area is 175 Å². The van der Waals surface area contributed by atoms with Gasteiger partial charge in [-0.3, -0.25) is 19.5 Å². The van der Waals surface area contributed by atoms with Crippen molar-refractivity contribution in [3.63, 3.8) is 0 Å². The molecule has 0 saturated heterocycles. The molecule has 3 N–H and O–H groups in total. The van der Waals surface area contributed by atoms with E-state index in [0.29, 0.717) is 21.1 Å². The highest BCUT2D eigenvalue weighted by Gasteiger charge is 2.23. The van der Waals surface area contributed by atoms with Gasteiger partial charge in [-0.1, -0.05) is 29.5 Å². The molecule has 29 heavy (non-hydrogen) atoms. The fourth-order valence-electron chi connectivity index (χ4n) is 3.51. The van der Waals surface area contributed by atoms with Gasteiger partial charge in [0.1, 0.15) is 4.83 Å². The average Bonchev–Trinajstić information content (AvgIpc) is 3.05. The molecule has 0 radical (unpaired) electrons. The number of benzene rings is 1. The summed E-state index contributed by atoms with van der Waals surface area (Å²) in [5.74, 6) is -0.601. The zero-order valence-electron chi connectivity index (χ0n) is 15.9. The predicted octanol–water partition coefficient (Wildman–Crippen LogP) is 2.92. The van der Waals surface area contributed by atoms with Crippen LogP contribution in [0.2, 0.25) is 0 Å². The van der Waals surface area contributed by atoms with Crippen molar-refractivity contribution >= 4 is 45.3 Å². The van der Waals surface area contributed by atoms with Crippen LogP contribution < -0.4 is 16.6 Å². The van der Waals surface area contributed by atoms with Crippen LogP contribution in [0.25, 0.3) is 15.9 Å². The van der Waals surface area contributed by atoms with E-state index in [9.17, 15) is 14.4 Å². The zero-order chi connectivity index (χ0) is 20.5. The first-order valence-corrected chi connectivity index (χ1v) is 11.1. The van der Waals surface area contributed by atoms with Gasteiger partial charge in [0.05, 0.1) is 16.8 Å². The molecule has 0 aliphatic heterocycles. The zero-order valence-corrected chi connectivity index (χ0v) is 17.5. The lowest BCUT2D eigenvalue weighted by atomic mass is 9.97. The normalized spacial score (nSPS) is 13.3. The quantitative estimate of drug-likeness (QED) is 0.491. The number of fused-ring (bicyclic) bond motifs is 3. The number of carbonyl (C=O) groups excluding carboxylic acids is 2. The number of aryl methyl sites for hydroxylation is 3. The van der Waals surface area contributed by atoms with Gasteiger partial charge in [-0.25, -0.2) is 9.78 Å². The van der Waals surface area contributed by atoms with Gasteiger partial charge in [-0.2, -0.15) is 0 Å².